The maximum atomic E-state index is 5.68. The third kappa shape index (κ3) is 2.07. The predicted octanol–water partition coefficient (Wildman–Crippen LogP) is 3.10. The lowest BCUT2D eigenvalue weighted by atomic mass is 9.79. The van der Waals surface area contributed by atoms with Gasteiger partial charge >= 0.3 is 0 Å². The Bertz CT molecular complexity index is 503. The first-order valence-corrected chi connectivity index (χ1v) is 6.46. The largest absolute Gasteiger partial charge is 0.472 e. The summed E-state index contributed by atoms with van der Waals surface area (Å²) in [6.45, 7) is 0. The molecule has 1 heterocycles. The van der Waals surface area contributed by atoms with Crippen molar-refractivity contribution >= 4 is 0 Å². The van der Waals surface area contributed by atoms with E-state index >= 15 is 0 Å². The number of nitrogens with two attached hydrogens (primary N) is 1. The molecule has 18 heavy (non-hydrogen) atoms. The van der Waals surface area contributed by atoms with Crippen LogP contribution >= 0.6 is 0 Å². The van der Waals surface area contributed by atoms with Gasteiger partial charge in [-0.05, 0) is 36.0 Å². The van der Waals surface area contributed by atoms with Crippen LogP contribution in [-0.4, -0.2) is 0 Å². The third-order valence-corrected chi connectivity index (χ3v) is 3.86. The Morgan fingerprint density at radius 3 is 2.72 bits per heavy atom. The Kier molecular flexibility index (Phi) is 3.17. The summed E-state index contributed by atoms with van der Waals surface area (Å²) in [6, 6.07) is 10.7. The van der Waals surface area contributed by atoms with Crippen molar-refractivity contribution in [2.24, 2.45) is 5.84 Å². The van der Waals surface area contributed by atoms with Crippen molar-refractivity contribution in [3.8, 4) is 0 Å². The number of hydrogen-bond acceptors (Lipinski definition) is 3. The molecule has 2 aromatic rings. The zero-order valence-electron chi connectivity index (χ0n) is 10.3. The van der Waals surface area contributed by atoms with Crippen LogP contribution in [0.3, 0.4) is 0 Å². The highest BCUT2D eigenvalue weighted by Gasteiger charge is 2.21. The van der Waals surface area contributed by atoms with Crippen LogP contribution in [0.2, 0.25) is 0 Å². The van der Waals surface area contributed by atoms with Gasteiger partial charge in [0.2, 0.25) is 0 Å². The normalized spacial score (nSPS) is 17.4. The van der Waals surface area contributed by atoms with Crippen molar-refractivity contribution in [3.05, 3.63) is 59.5 Å². The van der Waals surface area contributed by atoms with E-state index in [0.29, 0.717) is 0 Å². The summed E-state index contributed by atoms with van der Waals surface area (Å²) in [4.78, 5) is 0. The monoisotopic (exact) mass is 242 g/mol. The van der Waals surface area contributed by atoms with Gasteiger partial charge in [-0.25, -0.2) is 5.43 Å². The van der Waals surface area contributed by atoms with Crippen molar-refractivity contribution in [2.45, 2.75) is 31.2 Å². The molecule has 1 aromatic heterocycles. The van der Waals surface area contributed by atoms with Crippen LogP contribution in [0, 0.1) is 0 Å². The molecule has 1 aliphatic carbocycles. The molecule has 1 aliphatic rings. The summed E-state index contributed by atoms with van der Waals surface area (Å²) in [5, 5.41) is 0. The Morgan fingerprint density at radius 2 is 2.11 bits per heavy atom. The Hall–Kier alpha value is -1.58. The highest BCUT2D eigenvalue weighted by atomic mass is 16.3. The minimum atomic E-state index is 0.00350. The Balaban J connectivity index is 1.90. The van der Waals surface area contributed by atoms with Gasteiger partial charge in [-0.15, -0.1) is 0 Å². The summed E-state index contributed by atoms with van der Waals surface area (Å²) in [5.41, 5.74) is 6.55. The van der Waals surface area contributed by atoms with Crippen LogP contribution in [-0.2, 0) is 0 Å². The minimum absolute atomic E-state index is 0.00350. The van der Waals surface area contributed by atoms with Crippen molar-refractivity contribution in [1.29, 1.82) is 0 Å². The van der Waals surface area contributed by atoms with Gasteiger partial charge in [-0.2, -0.15) is 0 Å². The average molecular weight is 242 g/mol. The summed E-state index contributed by atoms with van der Waals surface area (Å²) in [6.07, 6.45) is 7.40. The van der Waals surface area contributed by atoms with Gasteiger partial charge in [0.05, 0.1) is 18.6 Å². The quantitative estimate of drug-likeness (QED) is 0.640. The highest BCUT2D eigenvalue weighted by molar-refractivity contribution is 5.34. The van der Waals surface area contributed by atoms with E-state index in [-0.39, 0.29) is 6.04 Å². The molecule has 0 saturated heterocycles. The highest BCUT2D eigenvalue weighted by Crippen LogP contribution is 2.37. The third-order valence-electron chi connectivity index (χ3n) is 3.86. The molecule has 0 spiro atoms. The topological polar surface area (TPSA) is 51.2 Å². The maximum Gasteiger partial charge on any atom is 0.0954 e. The lowest BCUT2D eigenvalue weighted by molar-refractivity contribution is 0.419. The van der Waals surface area contributed by atoms with Gasteiger partial charge in [0.25, 0.3) is 0 Å². The van der Waals surface area contributed by atoms with E-state index in [0.717, 1.165) is 11.5 Å². The molecule has 1 fully saturated rings. The lowest BCUT2D eigenvalue weighted by Gasteiger charge is -2.27. The second-order valence-electron chi connectivity index (χ2n) is 4.95. The first-order valence-electron chi connectivity index (χ1n) is 6.46. The molecular weight excluding hydrogens is 224 g/mol. The molecule has 3 heteroatoms. The molecule has 0 amide bonds. The Morgan fingerprint density at radius 1 is 1.22 bits per heavy atom. The minimum Gasteiger partial charge on any atom is -0.472 e. The number of benzene rings is 1. The molecule has 1 atom stereocenters. The molecule has 94 valence electrons. The van der Waals surface area contributed by atoms with Crippen LogP contribution in [0.5, 0.6) is 0 Å². The van der Waals surface area contributed by atoms with Crippen molar-refractivity contribution in [2.75, 3.05) is 0 Å². The smallest absolute Gasteiger partial charge is 0.0954 e. The number of nitrogens with one attached hydrogen (secondary N) is 1. The van der Waals surface area contributed by atoms with Crippen LogP contribution in [0.15, 0.2) is 47.3 Å². The predicted molar refractivity (Wildman–Crippen MR) is 70.9 cm³/mol. The number of furan rings is 1. The fourth-order valence-electron chi connectivity index (χ4n) is 2.56. The van der Waals surface area contributed by atoms with Gasteiger partial charge in [0.1, 0.15) is 0 Å². The fourth-order valence-corrected chi connectivity index (χ4v) is 2.56. The molecule has 0 bridgehead atoms. The molecule has 0 aliphatic heterocycles. The lowest BCUT2D eigenvalue weighted by Crippen LogP contribution is -2.28. The molecule has 1 unspecified atom stereocenters. The molecule has 3 rings (SSSR count). The Labute approximate surface area is 107 Å². The molecule has 1 saturated carbocycles. The zero-order chi connectivity index (χ0) is 12.4. The van der Waals surface area contributed by atoms with Crippen molar-refractivity contribution < 1.29 is 4.42 Å². The molecule has 3 N–H and O–H groups in total. The van der Waals surface area contributed by atoms with Gasteiger partial charge in [0.15, 0.2) is 0 Å². The van der Waals surface area contributed by atoms with Crippen molar-refractivity contribution in [3.63, 3.8) is 0 Å². The first kappa shape index (κ1) is 11.5. The second-order valence-corrected chi connectivity index (χ2v) is 4.95. The molecular formula is C15H18N2O. The zero-order valence-corrected chi connectivity index (χ0v) is 10.3. The maximum absolute atomic E-state index is 5.68. The number of rotatable bonds is 4. The number of hydrogen-bond donors (Lipinski definition) is 2. The summed E-state index contributed by atoms with van der Waals surface area (Å²) in [7, 11) is 0. The summed E-state index contributed by atoms with van der Waals surface area (Å²) in [5.74, 6) is 6.42. The van der Waals surface area contributed by atoms with E-state index in [9.17, 15) is 0 Å². The van der Waals surface area contributed by atoms with Crippen LogP contribution in [0.25, 0.3) is 0 Å². The fraction of sp³-hybridized carbons (Fsp3) is 0.333. The summed E-state index contributed by atoms with van der Waals surface area (Å²) < 4.78 is 5.13. The summed E-state index contributed by atoms with van der Waals surface area (Å²) >= 11 is 0. The molecule has 1 aromatic carbocycles. The second kappa shape index (κ2) is 4.96. The average Bonchev–Trinajstić information content (AvgIpc) is 2.82. The number of hydrazine groups is 1. The van der Waals surface area contributed by atoms with Crippen LogP contribution < -0.4 is 11.3 Å². The van der Waals surface area contributed by atoms with Gasteiger partial charge in [0, 0.05) is 5.56 Å². The van der Waals surface area contributed by atoms with E-state index < -0.39 is 0 Å². The van der Waals surface area contributed by atoms with Crippen LogP contribution in [0.1, 0.15) is 47.9 Å². The van der Waals surface area contributed by atoms with E-state index in [2.05, 4.69) is 29.7 Å². The van der Waals surface area contributed by atoms with Crippen LogP contribution in [0.4, 0.5) is 0 Å². The van der Waals surface area contributed by atoms with E-state index in [4.69, 9.17) is 10.3 Å². The molecule has 0 radical (unpaired) electrons. The van der Waals surface area contributed by atoms with E-state index in [1.165, 1.54) is 30.4 Å². The van der Waals surface area contributed by atoms with Gasteiger partial charge in [-0.1, -0.05) is 30.7 Å². The first-order chi connectivity index (χ1) is 8.88. The van der Waals surface area contributed by atoms with Gasteiger partial charge < -0.3 is 4.42 Å². The SMILES string of the molecule is NNC(c1ccoc1)c1cccc(C2CCC2)c1. The van der Waals surface area contributed by atoms with E-state index in [1.54, 1.807) is 12.5 Å². The van der Waals surface area contributed by atoms with Gasteiger partial charge in [-0.3, -0.25) is 5.84 Å². The van der Waals surface area contributed by atoms with E-state index in [1.807, 2.05) is 6.07 Å². The molecule has 3 nitrogen and oxygen atoms in total. The van der Waals surface area contributed by atoms with Crippen molar-refractivity contribution in [1.82, 2.24) is 5.43 Å². The standard InChI is InChI=1S/C15H18N2O/c16-17-15(14-7-8-18-10-14)13-6-2-5-12(9-13)11-3-1-4-11/h2,5-11,15,17H,1,3-4,16H2.